The Morgan fingerprint density at radius 3 is 2.94 bits per heavy atom. The van der Waals surface area contributed by atoms with Crippen LogP contribution in [0.2, 0.25) is 5.02 Å². The van der Waals surface area contributed by atoms with Crippen LogP contribution in [0.1, 0.15) is 10.5 Å². The summed E-state index contributed by atoms with van der Waals surface area (Å²) in [7, 11) is 0. The first-order valence-corrected chi connectivity index (χ1v) is 5.30. The molecule has 3 rings (SSSR count). The summed E-state index contributed by atoms with van der Waals surface area (Å²) in [5, 5.41) is 12.9. The lowest BCUT2D eigenvalue weighted by molar-refractivity contribution is 0.0690. The van der Waals surface area contributed by atoms with Gasteiger partial charge < -0.3 is 9.52 Å². The van der Waals surface area contributed by atoms with E-state index in [0.29, 0.717) is 0 Å². The molecule has 0 saturated heterocycles. The molecule has 0 bridgehead atoms. The molecule has 0 aliphatic carbocycles. The van der Waals surface area contributed by atoms with Gasteiger partial charge in [-0.15, -0.1) is 0 Å². The van der Waals surface area contributed by atoms with E-state index in [9.17, 15) is 9.59 Å². The van der Waals surface area contributed by atoms with E-state index < -0.39 is 11.5 Å². The molecule has 0 fully saturated rings. The predicted molar refractivity (Wildman–Crippen MR) is 63.2 cm³/mol. The van der Waals surface area contributed by atoms with Crippen molar-refractivity contribution in [2.75, 3.05) is 0 Å². The second-order valence-electron chi connectivity index (χ2n) is 3.60. The fourth-order valence-corrected chi connectivity index (χ4v) is 1.95. The number of carboxylic acids is 1. The van der Waals surface area contributed by atoms with Crippen molar-refractivity contribution < 1.29 is 14.3 Å². The van der Waals surface area contributed by atoms with E-state index in [-0.39, 0.29) is 27.4 Å². The van der Waals surface area contributed by atoms with E-state index in [0.717, 1.165) is 4.52 Å². The minimum absolute atomic E-state index is 0.0622. The van der Waals surface area contributed by atoms with E-state index in [1.54, 1.807) is 18.2 Å². The molecular weight excluding hydrogens is 260 g/mol. The zero-order valence-corrected chi connectivity index (χ0v) is 9.51. The van der Waals surface area contributed by atoms with Gasteiger partial charge >= 0.3 is 5.97 Å². The summed E-state index contributed by atoms with van der Waals surface area (Å²) in [5.74, 6) is -1.23. The van der Waals surface area contributed by atoms with Gasteiger partial charge in [0.15, 0.2) is 5.69 Å². The summed E-state index contributed by atoms with van der Waals surface area (Å²) in [4.78, 5) is 22.9. The van der Waals surface area contributed by atoms with Crippen molar-refractivity contribution in [3.8, 4) is 0 Å². The van der Waals surface area contributed by atoms with Crippen molar-refractivity contribution in [3.05, 3.63) is 45.3 Å². The molecule has 6 nitrogen and oxygen atoms in total. The molecule has 2 aromatic heterocycles. The number of aromatic carboxylic acids is 1. The number of hydrogen-bond acceptors (Lipinski definition) is 4. The van der Waals surface area contributed by atoms with Gasteiger partial charge in [0, 0.05) is 6.07 Å². The maximum absolute atomic E-state index is 12.1. The van der Waals surface area contributed by atoms with Crippen LogP contribution in [0.4, 0.5) is 0 Å². The third-order valence-electron chi connectivity index (χ3n) is 2.49. The predicted octanol–water partition coefficient (Wildman–Crippen LogP) is 1.79. The zero-order chi connectivity index (χ0) is 12.9. The minimum Gasteiger partial charge on any atom is -0.476 e. The van der Waals surface area contributed by atoms with Crippen LogP contribution < -0.4 is 5.56 Å². The second kappa shape index (κ2) is 3.58. The SMILES string of the molecule is O=C(O)c1cc2oc3cccc(Cl)c3c(=O)n2n1. The normalized spacial score (nSPS) is 11.2. The molecule has 0 amide bonds. The van der Waals surface area contributed by atoms with Gasteiger partial charge in [-0.1, -0.05) is 17.7 Å². The molecule has 0 atom stereocenters. The smallest absolute Gasteiger partial charge is 0.356 e. The quantitative estimate of drug-likeness (QED) is 0.724. The standard InChI is InChI=1S/C11H5ClN2O4/c12-5-2-1-3-7-9(5)10(15)14-8(18-7)4-6(13-14)11(16)17/h1-4H,(H,16,17). The fourth-order valence-electron chi connectivity index (χ4n) is 1.70. The van der Waals surface area contributed by atoms with Crippen LogP contribution in [0, 0.1) is 0 Å². The van der Waals surface area contributed by atoms with Gasteiger partial charge in [0.05, 0.1) is 5.02 Å². The Morgan fingerprint density at radius 2 is 2.22 bits per heavy atom. The van der Waals surface area contributed by atoms with Crippen LogP contribution in [0.15, 0.2) is 33.5 Å². The number of nitrogens with zero attached hydrogens (tertiary/aromatic N) is 2. The molecule has 0 radical (unpaired) electrons. The second-order valence-corrected chi connectivity index (χ2v) is 4.01. The highest BCUT2D eigenvalue weighted by Crippen LogP contribution is 2.21. The Bertz CT molecular complexity index is 849. The summed E-state index contributed by atoms with van der Waals surface area (Å²) in [6.07, 6.45) is 0. The lowest BCUT2D eigenvalue weighted by Crippen LogP contribution is -2.14. The molecule has 3 aromatic rings. The van der Waals surface area contributed by atoms with Crippen LogP contribution >= 0.6 is 11.6 Å². The summed E-state index contributed by atoms with van der Waals surface area (Å²) in [5.41, 5.74) is -0.421. The number of halogens is 1. The van der Waals surface area contributed by atoms with Crippen molar-refractivity contribution >= 4 is 34.3 Å². The van der Waals surface area contributed by atoms with Crippen LogP contribution in [0.5, 0.6) is 0 Å². The Morgan fingerprint density at radius 1 is 1.44 bits per heavy atom. The van der Waals surface area contributed by atoms with E-state index in [4.69, 9.17) is 21.1 Å². The van der Waals surface area contributed by atoms with Crippen molar-refractivity contribution in [1.29, 1.82) is 0 Å². The van der Waals surface area contributed by atoms with Gasteiger partial charge in [0.2, 0.25) is 5.71 Å². The Labute approximate surface area is 104 Å². The molecule has 1 aromatic carbocycles. The highest BCUT2D eigenvalue weighted by molar-refractivity contribution is 6.35. The first-order chi connectivity index (χ1) is 8.58. The molecule has 1 N–H and O–H groups in total. The highest BCUT2D eigenvalue weighted by atomic mass is 35.5. The van der Waals surface area contributed by atoms with Gasteiger partial charge in [-0.05, 0) is 12.1 Å². The summed E-state index contributed by atoms with van der Waals surface area (Å²) < 4.78 is 6.28. The topological polar surface area (TPSA) is 84.8 Å². The first kappa shape index (κ1) is 10.8. The number of aromatic nitrogens is 2. The largest absolute Gasteiger partial charge is 0.476 e. The highest BCUT2D eigenvalue weighted by Gasteiger charge is 2.15. The van der Waals surface area contributed by atoms with Crippen molar-refractivity contribution in [1.82, 2.24) is 9.61 Å². The van der Waals surface area contributed by atoms with Crippen LogP contribution in [0.3, 0.4) is 0 Å². The summed E-state index contributed by atoms with van der Waals surface area (Å²) in [6, 6.07) is 5.95. The van der Waals surface area contributed by atoms with Gasteiger partial charge in [0.1, 0.15) is 11.0 Å². The number of rotatable bonds is 1. The van der Waals surface area contributed by atoms with E-state index in [1.165, 1.54) is 6.07 Å². The van der Waals surface area contributed by atoms with Gasteiger partial charge in [0.25, 0.3) is 5.56 Å². The van der Waals surface area contributed by atoms with Crippen LogP contribution in [0.25, 0.3) is 16.7 Å². The van der Waals surface area contributed by atoms with Gasteiger partial charge in [-0.3, -0.25) is 4.79 Å². The van der Waals surface area contributed by atoms with Gasteiger partial charge in [-0.25, -0.2) is 4.79 Å². The lowest BCUT2D eigenvalue weighted by atomic mass is 10.2. The van der Waals surface area contributed by atoms with E-state index in [2.05, 4.69) is 5.10 Å². The number of carbonyl (C=O) groups is 1. The molecule has 90 valence electrons. The molecule has 0 unspecified atom stereocenters. The third-order valence-corrected chi connectivity index (χ3v) is 2.81. The summed E-state index contributed by atoms with van der Waals surface area (Å²) in [6.45, 7) is 0. The van der Waals surface area contributed by atoms with Crippen molar-refractivity contribution in [3.63, 3.8) is 0 Å². The van der Waals surface area contributed by atoms with Crippen LogP contribution in [-0.4, -0.2) is 20.7 Å². The van der Waals surface area contributed by atoms with E-state index in [1.807, 2.05) is 0 Å². The number of hydrogen-bond donors (Lipinski definition) is 1. The minimum atomic E-state index is -1.23. The zero-order valence-electron chi connectivity index (χ0n) is 8.75. The van der Waals surface area contributed by atoms with Crippen molar-refractivity contribution in [2.24, 2.45) is 0 Å². The van der Waals surface area contributed by atoms with Crippen LogP contribution in [-0.2, 0) is 0 Å². The molecule has 18 heavy (non-hydrogen) atoms. The third kappa shape index (κ3) is 1.39. The number of carboxylic acid groups (broad SMARTS) is 1. The average Bonchev–Trinajstić information content (AvgIpc) is 2.73. The number of fused-ring (bicyclic) bond motifs is 2. The molecule has 0 aliphatic heterocycles. The maximum Gasteiger partial charge on any atom is 0.356 e. The first-order valence-electron chi connectivity index (χ1n) is 4.92. The van der Waals surface area contributed by atoms with E-state index >= 15 is 0 Å². The molecule has 0 saturated carbocycles. The Hall–Kier alpha value is -2.34. The Balaban J connectivity index is 2.53. The number of benzene rings is 1. The molecule has 0 spiro atoms. The van der Waals surface area contributed by atoms with Gasteiger partial charge in [-0.2, -0.15) is 9.61 Å². The Kier molecular flexibility index (Phi) is 2.14. The molecule has 7 heteroatoms. The summed E-state index contributed by atoms with van der Waals surface area (Å²) >= 11 is 5.91. The fraction of sp³-hybridized carbons (Fsp3) is 0. The maximum atomic E-state index is 12.1. The van der Waals surface area contributed by atoms with Crippen molar-refractivity contribution in [2.45, 2.75) is 0 Å². The lowest BCUT2D eigenvalue weighted by Gasteiger charge is -1.99. The molecule has 2 heterocycles. The molecule has 0 aliphatic rings. The molecular formula is C11H5ClN2O4. The monoisotopic (exact) mass is 264 g/mol. The average molecular weight is 265 g/mol.